The number of carbonyl (C=O) groups is 1. The number of amides is 1. The van der Waals surface area contributed by atoms with Gasteiger partial charge in [0.25, 0.3) is 5.91 Å². The fraction of sp³-hybridized carbons (Fsp3) is 0. The summed E-state index contributed by atoms with van der Waals surface area (Å²) in [5.41, 5.74) is 2.64. The molecule has 0 saturated carbocycles. The molecule has 2 heterocycles. The Hall–Kier alpha value is -2.53. The molecular weight excluding hydrogens is 287 g/mol. The van der Waals surface area contributed by atoms with E-state index >= 15 is 0 Å². The van der Waals surface area contributed by atoms with E-state index in [2.05, 4.69) is 10.3 Å². The summed E-state index contributed by atoms with van der Waals surface area (Å²) in [5, 5.41) is 3.43. The average Bonchev–Trinajstić information content (AvgIpc) is 3.00. The van der Waals surface area contributed by atoms with Gasteiger partial charge in [0.15, 0.2) is 0 Å². The van der Waals surface area contributed by atoms with Gasteiger partial charge in [0.2, 0.25) is 0 Å². The summed E-state index contributed by atoms with van der Waals surface area (Å²) >= 11 is 1.52. The smallest absolute Gasteiger partial charge is 0.256 e. The average molecular weight is 296 g/mol. The Morgan fingerprint density at radius 1 is 1.19 bits per heavy atom. The van der Waals surface area contributed by atoms with Crippen molar-refractivity contribution in [1.29, 1.82) is 0 Å². The second kappa shape index (κ2) is 4.49. The van der Waals surface area contributed by atoms with Gasteiger partial charge >= 0.3 is 0 Å². The largest absolute Gasteiger partial charge is 0.321 e. The van der Waals surface area contributed by atoms with Crippen molar-refractivity contribution in [2.24, 2.45) is 0 Å². The number of hydrogen-bond donors (Lipinski definition) is 1. The highest BCUT2D eigenvalue weighted by atomic mass is 32.1. The van der Waals surface area contributed by atoms with Crippen LogP contribution in [0, 0.1) is 5.82 Å². The van der Waals surface area contributed by atoms with Crippen molar-refractivity contribution < 1.29 is 9.18 Å². The number of aromatic nitrogens is 1. The van der Waals surface area contributed by atoms with Gasteiger partial charge in [0.1, 0.15) is 10.8 Å². The van der Waals surface area contributed by atoms with Crippen molar-refractivity contribution >= 4 is 44.8 Å². The molecule has 102 valence electrons. The lowest BCUT2D eigenvalue weighted by Gasteiger charge is -1.97. The Kier molecular flexibility index (Phi) is 2.62. The number of nitrogens with zero attached hydrogens (tertiary/aromatic N) is 1. The van der Waals surface area contributed by atoms with Gasteiger partial charge in [-0.2, -0.15) is 0 Å². The quantitative estimate of drug-likeness (QED) is 0.691. The van der Waals surface area contributed by atoms with Crippen molar-refractivity contribution in [1.82, 2.24) is 4.98 Å². The zero-order valence-electron chi connectivity index (χ0n) is 10.8. The van der Waals surface area contributed by atoms with Crippen LogP contribution in [0.3, 0.4) is 0 Å². The van der Waals surface area contributed by atoms with E-state index in [0.717, 1.165) is 15.2 Å². The van der Waals surface area contributed by atoms with Crippen molar-refractivity contribution in [3.63, 3.8) is 0 Å². The normalized spacial score (nSPS) is 15.5. The Labute approximate surface area is 123 Å². The summed E-state index contributed by atoms with van der Waals surface area (Å²) in [6, 6.07) is 12.1. The molecule has 0 radical (unpaired) electrons. The molecule has 1 aliphatic rings. The van der Waals surface area contributed by atoms with Crippen molar-refractivity contribution in [2.45, 2.75) is 0 Å². The van der Waals surface area contributed by atoms with E-state index in [-0.39, 0.29) is 11.7 Å². The van der Waals surface area contributed by atoms with Crippen molar-refractivity contribution in [3.8, 4) is 0 Å². The molecule has 2 aromatic carbocycles. The Morgan fingerprint density at radius 3 is 2.90 bits per heavy atom. The standard InChI is InChI=1S/C16H9FN2OS/c17-9-5-6-10-11(16(20)19-13(10)7-9)8-15-18-12-3-1-2-4-14(12)21-15/h1-8H,(H,19,20)/b11-8+. The molecule has 5 heteroatoms. The van der Waals surface area contributed by atoms with Gasteiger partial charge in [-0.05, 0) is 36.4 Å². The highest BCUT2D eigenvalue weighted by Gasteiger charge is 2.24. The van der Waals surface area contributed by atoms with Crippen LogP contribution >= 0.6 is 11.3 Å². The lowest BCUT2D eigenvalue weighted by atomic mass is 10.1. The van der Waals surface area contributed by atoms with Gasteiger partial charge in [-0.3, -0.25) is 4.79 Å². The number of fused-ring (bicyclic) bond motifs is 2. The molecule has 0 unspecified atom stereocenters. The SMILES string of the molecule is O=C1Nc2cc(F)ccc2/C1=C\c1nc2ccccc2s1. The van der Waals surface area contributed by atoms with Crippen LogP contribution in [0.15, 0.2) is 42.5 Å². The monoisotopic (exact) mass is 296 g/mol. The number of carbonyl (C=O) groups excluding carboxylic acids is 1. The first kappa shape index (κ1) is 12.2. The van der Waals surface area contributed by atoms with Crippen LogP contribution in [0.1, 0.15) is 10.6 Å². The summed E-state index contributed by atoms with van der Waals surface area (Å²) in [7, 11) is 0. The Morgan fingerprint density at radius 2 is 2.05 bits per heavy atom. The minimum absolute atomic E-state index is 0.227. The number of rotatable bonds is 1. The van der Waals surface area contributed by atoms with Crippen LogP contribution in [0.2, 0.25) is 0 Å². The third-order valence-corrected chi connectivity index (χ3v) is 4.33. The van der Waals surface area contributed by atoms with Crippen LogP contribution in [-0.4, -0.2) is 10.9 Å². The van der Waals surface area contributed by atoms with Gasteiger partial charge < -0.3 is 5.32 Å². The van der Waals surface area contributed by atoms with E-state index < -0.39 is 0 Å². The first-order valence-corrected chi connectivity index (χ1v) is 7.21. The van der Waals surface area contributed by atoms with Gasteiger partial charge in [-0.15, -0.1) is 11.3 Å². The molecule has 1 aliphatic heterocycles. The summed E-state index contributed by atoms with van der Waals surface area (Å²) in [6.45, 7) is 0. The Balaban J connectivity index is 1.84. The molecule has 0 fully saturated rings. The van der Waals surface area contributed by atoms with Gasteiger partial charge in [-0.1, -0.05) is 12.1 Å². The molecule has 4 rings (SSSR count). The fourth-order valence-electron chi connectivity index (χ4n) is 2.39. The zero-order valence-corrected chi connectivity index (χ0v) is 11.6. The molecule has 0 bridgehead atoms. The van der Waals surface area contributed by atoms with E-state index in [4.69, 9.17) is 0 Å². The molecule has 1 amide bonds. The molecule has 0 spiro atoms. The molecule has 1 aromatic heterocycles. The third kappa shape index (κ3) is 2.02. The summed E-state index contributed by atoms with van der Waals surface area (Å²) in [6.07, 6.45) is 1.75. The summed E-state index contributed by atoms with van der Waals surface area (Å²) in [4.78, 5) is 16.5. The van der Waals surface area contributed by atoms with E-state index in [1.807, 2.05) is 24.3 Å². The predicted octanol–water partition coefficient (Wildman–Crippen LogP) is 3.93. The lowest BCUT2D eigenvalue weighted by Crippen LogP contribution is -2.03. The summed E-state index contributed by atoms with van der Waals surface area (Å²) < 4.78 is 14.3. The first-order valence-electron chi connectivity index (χ1n) is 6.39. The number of nitrogens with one attached hydrogen (secondary N) is 1. The minimum atomic E-state index is -0.365. The molecular formula is C16H9FN2OS. The van der Waals surface area contributed by atoms with E-state index in [9.17, 15) is 9.18 Å². The molecule has 3 nitrogen and oxygen atoms in total. The van der Waals surface area contributed by atoms with E-state index in [0.29, 0.717) is 16.8 Å². The number of hydrogen-bond acceptors (Lipinski definition) is 3. The van der Waals surface area contributed by atoms with Crippen LogP contribution in [0.5, 0.6) is 0 Å². The molecule has 1 N–H and O–H groups in total. The maximum Gasteiger partial charge on any atom is 0.256 e. The molecule has 0 atom stereocenters. The fourth-order valence-corrected chi connectivity index (χ4v) is 3.30. The first-order chi connectivity index (χ1) is 10.2. The Bertz CT molecular complexity index is 881. The topological polar surface area (TPSA) is 42.0 Å². The second-order valence-corrected chi connectivity index (χ2v) is 5.78. The van der Waals surface area contributed by atoms with Crippen LogP contribution in [-0.2, 0) is 4.79 Å². The zero-order chi connectivity index (χ0) is 14.4. The highest BCUT2D eigenvalue weighted by molar-refractivity contribution is 7.19. The van der Waals surface area contributed by atoms with E-state index in [1.165, 1.54) is 23.5 Å². The number of halogens is 1. The predicted molar refractivity (Wildman–Crippen MR) is 82.5 cm³/mol. The van der Waals surface area contributed by atoms with Crippen LogP contribution < -0.4 is 5.32 Å². The van der Waals surface area contributed by atoms with Crippen molar-refractivity contribution in [2.75, 3.05) is 5.32 Å². The van der Waals surface area contributed by atoms with Crippen molar-refractivity contribution in [3.05, 3.63) is 58.9 Å². The molecule has 0 aliphatic carbocycles. The lowest BCUT2D eigenvalue weighted by molar-refractivity contribution is -0.110. The number of thiazole rings is 1. The van der Waals surface area contributed by atoms with Gasteiger partial charge in [0.05, 0.1) is 21.5 Å². The van der Waals surface area contributed by atoms with Gasteiger partial charge in [-0.25, -0.2) is 9.37 Å². The molecule has 0 saturated heterocycles. The van der Waals surface area contributed by atoms with E-state index in [1.54, 1.807) is 12.1 Å². The van der Waals surface area contributed by atoms with Crippen LogP contribution in [0.4, 0.5) is 10.1 Å². The molecule has 21 heavy (non-hydrogen) atoms. The number of benzene rings is 2. The molecule has 3 aromatic rings. The maximum atomic E-state index is 13.2. The second-order valence-electron chi connectivity index (χ2n) is 4.72. The number of para-hydroxylation sites is 1. The highest BCUT2D eigenvalue weighted by Crippen LogP contribution is 2.34. The van der Waals surface area contributed by atoms with Crippen LogP contribution in [0.25, 0.3) is 21.9 Å². The minimum Gasteiger partial charge on any atom is -0.321 e. The third-order valence-electron chi connectivity index (χ3n) is 3.34. The maximum absolute atomic E-state index is 13.2. The van der Waals surface area contributed by atoms with Gasteiger partial charge in [0, 0.05) is 5.56 Å². The summed E-state index contributed by atoms with van der Waals surface area (Å²) in [5.74, 6) is -0.592. The number of anilines is 1.